The van der Waals surface area contributed by atoms with Crippen molar-refractivity contribution >= 4 is 41.1 Å². The molecule has 1 N–H and O–H groups in total. The lowest BCUT2D eigenvalue weighted by Crippen LogP contribution is -2.60. The normalized spacial score (nSPS) is 20.0. The second kappa shape index (κ2) is 12.9. The zero-order valence-corrected chi connectivity index (χ0v) is 28.2. The molecule has 11 heteroatoms. The number of rotatable bonds is 4. The molecule has 5 rings (SSSR count). The van der Waals surface area contributed by atoms with E-state index < -0.39 is 17.5 Å². The van der Waals surface area contributed by atoms with E-state index in [9.17, 15) is 23.6 Å². The molecule has 3 aliphatic rings. The van der Waals surface area contributed by atoms with E-state index in [-0.39, 0.29) is 64.7 Å². The Morgan fingerprint density at radius 2 is 1.65 bits per heavy atom. The fraction of sp³-hybridized carbons (Fsp3) is 0.543. The van der Waals surface area contributed by atoms with Crippen LogP contribution in [0.3, 0.4) is 0 Å². The topological polar surface area (TPSA) is 99.3 Å². The Labute approximate surface area is 275 Å². The number of piperidine rings is 1. The van der Waals surface area contributed by atoms with Gasteiger partial charge < -0.3 is 24.8 Å². The van der Waals surface area contributed by atoms with Crippen LogP contribution in [0.5, 0.6) is 0 Å². The van der Waals surface area contributed by atoms with Crippen molar-refractivity contribution in [2.24, 2.45) is 17.3 Å². The average molecular weight is 655 g/mol. The van der Waals surface area contributed by atoms with E-state index in [1.807, 2.05) is 20.8 Å². The van der Waals surface area contributed by atoms with E-state index in [1.54, 1.807) is 40.1 Å². The molecule has 0 unspecified atom stereocenters. The summed E-state index contributed by atoms with van der Waals surface area (Å²) in [7, 11) is 0. The van der Waals surface area contributed by atoms with Gasteiger partial charge in [-0.2, -0.15) is 0 Å². The van der Waals surface area contributed by atoms with Crippen molar-refractivity contribution in [2.45, 2.75) is 72.4 Å². The molecule has 0 spiro atoms. The number of hydrogen-bond acceptors (Lipinski definition) is 5. The Balaban J connectivity index is 1.28. The number of likely N-dealkylation sites (tertiary alicyclic amines) is 1. The van der Waals surface area contributed by atoms with Gasteiger partial charge in [0.2, 0.25) is 11.8 Å². The molecule has 2 saturated heterocycles. The first-order chi connectivity index (χ1) is 21.5. The van der Waals surface area contributed by atoms with Crippen LogP contribution in [0.1, 0.15) is 71.2 Å². The number of nitrogens with zero attached hydrogens (tertiary/aromatic N) is 3. The smallest absolute Gasteiger partial charge is 0.410 e. The van der Waals surface area contributed by atoms with Crippen molar-refractivity contribution in [2.75, 3.05) is 38.0 Å². The fourth-order valence-corrected chi connectivity index (χ4v) is 6.76. The standard InChI is InChI=1S/C35H44ClFN4O5/c1-34(2,3)26(17-21-11-13-39(14-12-21)33(45)46-35(4,5)6)32(44)40-15-16-41-29(20-40)30(42)38-28-10-7-22(18-25(28)31(41)43)24-9-8-23(36)19-27(24)37/h7-10,18-19,21,26,29H,11-17,20H2,1-6H3,(H,38,42)/t26-,29-/m1/s1. The molecule has 3 heterocycles. The molecule has 0 aromatic heterocycles. The summed E-state index contributed by atoms with van der Waals surface area (Å²) in [5.41, 5.74) is 0.530. The summed E-state index contributed by atoms with van der Waals surface area (Å²) >= 11 is 5.92. The summed E-state index contributed by atoms with van der Waals surface area (Å²) in [6, 6.07) is 8.36. The third-order valence-corrected chi connectivity index (χ3v) is 9.42. The van der Waals surface area contributed by atoms with Gasteiger partial charge in [-0.25, -0.2) is 9.18 Å². The van der Waals surface area contributed by atoms with Crippen LogP contribution in [0.25, 0.3) is 11.1 Å². The van der Waals surface area contributed by atoms with Crippen molar-refractivity contribution in [3.05, 3.63) is 52.8 Å². The molecule has 0 bridgehead atoms. The van der Waals surface area contributed by atoms with Gasteiger partial charge in [0.15, 0.2) is 0 Å². The van der Waals surface area contributed by atoms with Gasteiger partial charge >= 0.3 is 6.09 Å². The van der Waals surface area contributed by atoms with Gasteiger partial charge in [-0.15, -0.1) is 0 Å². The van der Waals surface area contributed by atoms with Gasteiger partial charge in [-0.1, -0.05) is 38.4 Å². The van der Waals surface area contributed by atoms with Crippen LogP contribution in [0.4, 0.5) is 14.9 Å². The molecule has 0 saturated carbocycles. The maximum atomic E-state index is 14.7. The highest BCUT2D eigenvalue weighted by Gasteiger charge is 2.44. The van der Waals surface area contributed by atoms with Crippen molar-refractivity contribution in [3.8, 4) is 11.1 Å². The minimum Gasteiger partial charge on any atom is -0.444 e. The number of carbonyl (C=O) groups excluding carboxylic acids is 4. The number of piperazine rings is 1. The minimum atomic E-state index is -0.856. The van der Waals surface area contributed by atoms with Crippen LogP contribution in [-0.4, -0.2) is 82.9 Å². The number of carbonyl (C=O) groups is 4. The SMILES string of the molecule is CC(C)(C)OC(=O)N1CCC(C[C@H](C(=O)N2CCN3C(=O)c4cc(-c5ccc(Cl)cc5F)ccc4NC(=O)[C@H]3C2)C(C)(C)C)CC1. The van der Waals surface area contributed by atoms with Crippen molar-refractivity contribution in [1.82, 2.24) is 14.7 Å². The quantitative estimate of drug-likeness (QED) is 0.409. The maximum Gasteiger partial charge on any atom is 0.410 e. The van der Waals surface area contributed by atoms with Crippen LogP contribution in [-0.2, 0) is 14.3 Å². The highest BCUT2D eigenvalue weighted by molar-refractivity contribution is 6.30. The number of ether oxygens (including phenoxy) is 1. The number of nitrogens with one attached hydrogen (secondary N) is 1. The first-order valence-electron chi connectivity index (χ1n) is 16.0. The number of benzene rings is 2. The first kappa shape index (κ1) is 33.7. The Hall–Kier alpha value is -3.66. The first-order valence-corrected chi connectivity index (χ1v) is 16.4. The Morgan fingerprint density at radius 1 is 0.957 bits per heavy atom. The molecule has 2 aromatic carbocycles. The third kappa shape index (κ3) is 7.32. The zero-order chi connectivity index (χ0) is 33.6. The molecule has 2 aromatic rings. The van der Waals surface area contributed by atoms with Crippen molar-refractivity contribution in [1.29, 1.82) is 0 Å². The second-order valence-corrected chi connectivity index (χ2v) is 15.2. The lowest BCUT2D eigenvalue weighted by Gasteiger charge is -2.43. The minimum absolute atomic E-state index is 0.0239. The Morgan fingerprint density at radius 3 is 2.28 bits per heavy atom. The number of halogens is 2. The molecule has 0 aliphatic carbocycles. The summed E-state index contributed by atoms with van der Waals surface area (Å²) in [6.07, 6.45) is 1.94. The Kier molecular flexibility index (Phi) is 9.42. The van der Waals surface area contributed by atoms with Crippen LogP contribution < -0.4 is 5.32 Å². The zero-order valence-electron chi connectivity index (χ0n) is 27.5. The van der Waals surface area contributed by atoms with Crippen molar-refractivity contribution in [3.63, 3.8) is 0 Å². The van der Waals surface area contributed by atoms with Crippen LogP contribution in [0, 0.1) is 23.1 Å². The van der Waals surface area contributed by atoms with Crippen LogP contribution in [0.15, 0.2) is 36.4 Å². The van der Waals surface area contributed by atoms with Crippen LogP contribution in [0.2, 0.25) is 5.02 Å². The lowest BCUT2D eigenvalue weighted by molar-refractivity contribution is -0.144. The van der Waals surface area contributed by atoms with E-state index in [1.165, 1.54) is 11.0 Å². The summed E-state index contributed by atoms with van der Waals surface area (Å²) in [5, 5.41) is 3.14. The van der Waals surface area contributed by atoms with Gasteiger partial charge in [-0.05, 0) is 87.3 Å². The molecular weight excluding hydrogens is 611 g/mol. The molecular formula is C35H44ClFN4O5. The van der Waals surface area contributed by atoms with E-state index in [4.69, 9.17) is 16.3 Å². The fourth-order valence-electron chi connectivity index (χ4n) is 6.60. The molecule has 2 fully saturated rings. The third-order valence-electron chi connectivity index (χ3n) is 9.18. The number of amides is 4. The molecule has 2 atom stereocenters. The Bertz CT molecular complexity index is 1530. The number of fused-ring (bicyclic) bond motifs is 2. The molecule has 3 aliphatic heterocycles. The average Bonchev–Trinajstić information content (AvgIpc) is 3.07. The van der Waals surface area contributed by atoms with E-state index >= 15 is 0 Å². The molecule has 248 valence electrons. The van der Waals surface area contributed by atoms with E-state index in [0.29, 0.717) is 42.9 Å². The summed E-state index contributed by atoms with van der Waals surface area (Å²) in [4.78, 5) is 58.9. The second-order valence-electron chi connectivity index (χ2n) is 14.7. The highest BCUT2D eigenvalue weighted by Crippen LogP contribution is 2.38. The van der Waals surface area contributed by atoms with Crippen LogP contribution >= 0.6 is 11.6 Å². The summed E-state index contributed by atoms with van der Waals surface area (Å²) in [6.45, 7) is 13.5. The molecule has 9 nitrogen and oxygen atoms in total. The van der Waals surface area contributed by atoms with Gasteiger partial charge in [0, 0.05) is 42.7 Å². The van der Waals surface area contributed by atoms with Gasteiger partial charge in [-0.3, -0.25) is 14.4 Å². The molecule has 0 radical (unpaired) electrons. The molecule has 4 amide bonds. The summed E-state index contributed by atoms with van der Waals surface area (Å²) < 4.78 is 20.2. The van der Waals surface area contributed by atoms with Gasteiger partial charge in [0.05, 0.1) is 17.8 Å². The summed E-state index contributed by atoms with van der Waals surface area (Å²) in [5.74, 6) is -1.27. The monoisotopic (exact) mass is 654 g/mol. The number of hydrogen-bond donors (Lipinski definition) is 1. The predicted molar refractivity (Wildman–Crippen MR) is 175 cm³/mol. The van der Waals surface area contributed by atoms with E-state index in [2.05, 4.69) is 26.1 Å². The van der Waals surface area contributed by atoms with Crippen molar-refractivity contribution < 1.29 is 28.3 Å². The molecule has 46 heavy (non-hydrogen) atoms. The largest absolute Gasteiger partial charge is 0.444 e. The predicted octanol–water partition coefficient (Wildman–Crippen LogP) is 6.45. The lowest BCUT2D eigenvalue weighted by atomic mass is 9.73. The van der Waals surface area contributed by atoms with Gasteiger partial charge in [0.25, 0.3) is 5.91 Å². The highest BCUT2D eigenvalue weighted by atomic mass is 35.5. The maximum absolute atomic E-state index is 14.7. The van der Waals surface area contributed by atoms with E-state index in [0.717, 1.165) is 12.8 Å². The number of anilines is 1. The van der Waals surface area contributed by atoms with Gasteiger partial charge in [0.1, 0.15) is 17.5 Å².